The van der Waals surface area contributed by atoms with Crippen LogP contribution in [0.4, 0.5) is 32.0 Å². The van der Waals surface area contributed by atoms with Crippen molar-refractivity contribution in [1.29, 1.82) is 0 Å². The van der Waals surface area contributed by atoms with Crippen molar-refractivity contribution in [2.75, 3.05) is 18.0 Å². The van der Waals surface area contributed by atoms with Crippen LogP contribution in [0.3, 0.4) is 0 Å². The van der Waals surface area contributed by atoms with Crippen molar-refractivity contribution in [3.05, 3.63) is 29.3 Å². The fraction of sp³-hybridized carbons (Fsp3) is 0.417. The van der Waals surface area contributed by atoms with Crippen LogP contribution in [0.25, 0.3) is 0 Å². The summed E-state index contributed by atoms with van der Waals surface area (Å²) in [7, 11) is 0. The predicted octanol–water partition coefficient (Wildman–Crippen LogP) is 3.73. The molecule has 21 heavy (non-hydrogen) atoms. The van der Waals surface area contributed by atoms with Crippen LogP contribution in [0.2, 0.25) is 0 Å². The number of nitrogens with two attached hydrogens (primary N) is 1. The van der Waals surface area contributed by atoms with Crippen LogP contribution < -0.4 is 10.6 Å². The minimum Gasteiger partial charge on any atom is -0.389 e. The number of halogens is 6. The summed E-state index contributed by atoms with van der Waals surface area (Å²) in [6.07, 6.45) is -9.15. The summed E-state index contributed by atoms with van der Waals surface area (Å²) < 4.78 is 75.7. The number of thiocarbonyl (C=S) groups is 1. The molecule has 0 saturated heterocycles. The van der Waals surface area contributed by atoms with E-state index in [1.807, 2.05) is 0 Å². The van der Waals surface area contributed by atoms with Crippen LogP contribution >= 0.6 is 12.2 Å². The van der Waals surface area contributed by atoms with E-state index in [9.17, 15) is 26.3 Å². The molecular weight excluding hydrogens is 318 g/mol. The highest BCUT2D eigenvalue weighted by Crippen LogP contribution is 2.34. The maximum atomic E-state index is 12.8. The third-order valence-corrected chi connectivity index (χ3v) is 2.91. The Morgan fingerprint density at radius 1 is 1.19 bits per heavy atom. The van der Waals surface area contributed by atoms with Gasteiger partial charge >= 0.3 is 12.4 Å². The minimum absolute atomic E-state index is 0.0226. The average Bonchev–Trinajstić information content (AvgIpc) is 2.33. The highest BCUT2D eigenvalue weighted by Gasteiger charge is 2.35. The van der Waals surface area contributed by atoms with Crippen LogP contribution in [0.15, 0.2) is 18.2 Å². The molecule has 0 aliphatic rings. The second kappa shape index (κ2) is 6.08. The zero-order valence-electron chi connectivity index (χ0n) is 10.8. The Hall–Kier alpha value is -1.51. The number of hydrogen-bond acceptors (Lipinski definition) is 2. The van der Waals surface area contributed by atoms with Gasteiger partial charge in [-0.05, 0) is 25.1 Å². The molecule has 2 N–H and O–H groups in total. The molecule has 1 aromatic rings. The van der Waals surface area contributed by atoms with Gasteiger partial charge in [0.15, 0.2) is 0 Å². The standard InChI is InChI=1S/C12H12F6N2S/c1-2-20(6-11(13,14)15)7-3-4-9(12(16,17)18)8(5-7)10(19)21/h3-5H,2,6H2,1H3,(H2,19,21). The van der Waals surface area contributed by atoms with E-state index in [1.54, 1.807) is 0 Å². The maximum Gasteiger partial charge on any atom is 0.417 e. The lowest BCUT2D eigenvalue weighted by molar-refractivity contribution is -0.137. The van der Waals surface area contributed by atoms with E-state index in [0.29, 0.717) is 6.07 Å². The van der Waals surface area contributed by atoms with Gasteiger partial charge in [-0.15, -0.1) is 0 Å². The molecule has 0 heterocycles. The summed E-state index contributed by atoms with van der Waals surface area (Å²) in [6, 6.07) is 2.59. The summed E-state index contributed by atoms with van der Waals surface area (Å²) >= 11 is 4.55. The number of hydrogen-bond donors (Lipinski definition) is 1. The van der Waals surface area contributed by atoms with Gasteiger partial charge in [0.25, 0.3) is 0 Å². The Bertz CT molecular complexity index is 523. The molecule has 0 fully saturated rings. The first kappa shape index (κ1) is 17.5. The molecule has 0 amide bonds. The van der Waals surface area contributed by atoms with E-state index in [0.717, 1.165) is 17.0 Å². The Kier molecular flexibility index (Phi) is 5.08. The summed E-state index contributed by atoms with van der Waals surface area (Å²) in [6.45, 7) is 0.164. The molecule has 0 bridgehead atoms. The van der Waals surface area contributed by atoms with Crippen molar-refractivity contribution in [2.45, 2.75) is 19.3 Å². The molecule has 1 rings (SSSR count). The lowest BCUT2D eigenvalue weighted by Crippen LogP contribution is -2.34. The van der Waals surface area contributed by atoms with Crippen molar-refractivity contribution in [2.24, 2.45) is 5.73 Å². The van der Waals surface area contributed by atoms with Gasteiger partial charge in [-0.25, -0.2) is 0 Å². The van der Waals surface area contributed by atoms with Gasteiger partial charge in [-0.1, -0.05) is 12.2 Å². The number of rotatable bonds is 4. The Labute approximate surface area is 122 Å². The van der Waals surface area contributed by atoms with Crippen molar-refractivity contribution in [3.63, 3.8) is 0 Å². The fourth-order valence-electron chi connectivity index (χ4n) is 1.78. The van der Waals surface area contributed by atoms with Gasteiger partial charge in [0.1, 0.15) is 11.5 Å². The zero-order valence-corrected chi connectivity index (χ0v) is 11.7. The summed E-state index contributed by atoms with van der Waals surface area (Å²) in [5, 5.41) is 0. The number of nitrogens with zero attached hydrogens (tertiary/aromatic N) is 1. The lowest BCUT2D eigenvalue weighted by Gasteiger charge is -2.25. The second-order valence-corrected chi connectivity index (χ2v) is 4.66. The van der Waals surface area contributed by atoms with E-state index in [4.69, 9.17) is 5.73 Å². The molecule has 1 aromatic carbocycles. The highest BCUT2D eigenvalue weighted by molar-refractivity contribution is 7.80. The van der Waals surface area contributed by atoms with Gasteiger partial charge in [-0.2, -0.15) is 26.3 Å². The minimum atomic E-state index is -4.68. The van der Waals surface area contributed by atoms with Crippen LogP contribution in [0.5, 0.6) is 0 Å². The first-order chi connectivity index (χ1) is 9.45. The molecule has 0 atom stereocenters. The Balaban J connectivity index is 3.27. The van der Waals surface area contributed by atoms with E-state index in [2.05, 4.69) is 12.2 Å². The molecule has 118 valence electrons. The Morgan fingerprint density at radius 3 is 2.14 bits per heavy atom. The fourth-order valence-corrected chi connectivity index (χ4v) is 1.95. The van der Waals surface area contributed by atoms with Gasteiger partial charge in [0, 0.05) is 17.8 Å². The van der Waals surface area contributed by atoms with Crippen LogP contribution in [0.1, 0.15) is 18.1 Å². The van der Waals surface area contributed by atoms with Crippen molar-refractivity contribution in [3.8, 4) is 0 Å². The van der Waals surface area contributed by atoms with Gasteiger partial charge in [-0.3, -0.25) is 0 Å². The molecule has 0 unspecified atom stereocenters. The second-order valence-electron chi connectivity index (χ2n) is 4.22. The van der Waals surface area contributed by atoms with Gasteiger partial charge in [0.2, 0.25) is 0 Å². The third kappa shape index (κ3) is 4.76. The van der Waals surface area contributed by atoms with Crippen molar-refractivity contribution >= 4 is 22.9 Å². The highest BCUT2D eigenvalue weighted by atomic mass is 32.1. The number of alkyl halides is 6. The third-order valence-electron chi connectivity index (χ3n) is 2.69. The summed E-state index contributed by atoms with van der Waals surface area (Å²) in [4.78, 5) is 0.370. The maximum absolute atomic E-state index is 12.8. The Morgan fingerprint density at radius 2 is 1.76 bits per heavy atom. The monoisotopic (exact) mass is 330 g/mol. The summed E-state index contributed by atoms with van der Waals surface area (Å²) in [5.41, 5.74) is 3.66. The lowest BCUT2D eigenvalue weighted by atomic mass is 10.1. The van der Waals surface area contributed by atoms with E-state index >= 15 is 0 Å². The first-order valence-corrected chi connectivity index (χ1v) is 6.19. The largest absolute Gasteiger partial charge is 0.417 e. The van der Waals surface area contributed by atoms with Crippen LogP contribution in [0, 0.1) is 0 Å². The van der Waals surface area contributed by atoms with Crippen molar-refractivity contribution in [1.82, 2.24) is 0 Å². The molecule has 0 spiro atoms. The molecule has 0 aliphatic carbocycles. The number of anilines is 1. The average molecular weight is 330 g/mol. The van der Waals surface area contributed by atoms with Crippen LogP contribution in [-0.2, 0) is 6.18 Å². The first-order valence-electron chi connectivity index (χ1n) is 5.78. The quantitative estimate of drug-likeness (QED) is 0.674. The molecule has 0 saturated carbocycles. The SMILES string of the molecule is CCN(CC(F)(F)F)c1ccc(C(F)(F)F)c(C(N)=S)c1. The van der Waals surface area contributed by atoms with E-state index in [-0.39, 0.29) is 12.2 Å². The molecule has 0 aliphatic heterocycles. The molecule has 0 radical (unpaired) electrons. The predicted molar refractivity (Wildman–Crippen MR) is 71.3 cm³/mol. The molecule has 0 aromatic heterocycles. The molecular formula is C12H12F6N2S. The molecule has 2 nitrogen and oxygen atoms in total. The smallest absolute Gasteiger partial charge is 0.389 e. The van der Waals surface area contributed by atoms with E-state index < -0.39 is 35.0 Å². The zero-order chi connectivity index (χ0) is 16.4. The normalized spacial score (nSPS) is 12.3. The van der Waals surface area contributed by atoms with Gasteiger partial charge in [0.05, 0.1) is 5.56 Å². The number of benzene rings is 1. The van der Waals surface area contributed by atoms with Crippen molar-refractivity contribution < 1.29 is 26.3 Å². The summed E-state index contributed by atoms with van der Waals surface area (Å²) in [5.74, 6) is 0. The van der Waals surface area contributed by atoms with Gasteiger partial charge < -0.3 is 10.6 Å². The molecule has 9 heteroatoms. The van der Waals surface area contributed by atoms with Crippen LogP contribution in [-0.4, -0.2) is 24.3 Å². The topological polar surface area (TPSA) is 29.3 Å². The van der Waals surface area contributed by atoms with E-state index in [1.165, 1.54) is 6.92 Å².